The second kappa shape index (κ2) is 3.77. The molecule has 6 nitrogen and oxygen atoms in total. The van der Waals surface area contributed by atoms with Gasteiger partial charge in [-0.1, -0.05) is 0 Å². The quantitative estimate of drug-likeness (QED) is 0.799. The molecule has 0 saturated heterocycles. The Balaban J connectivity index is 2.15. The Morgan fingerprint density at radius 2 is 2.33 bits per heavy atom. The Labute approximate surface area is 89.7 Å². The molecule has 0 aliphatic heterocycles. The van der Waals surface area contributed by atoms with E-state index >= 15 is 0 Å². The van der Waals surface area contributed by atoms with Gasteiger partial charge in [-0.2, -0.15) is 10.3 Å². The first-order valence-corrected chi connectivity index (χ1v) is 5.09. The molecule has 0 saturated carbocycles. The number of nitrogens with zero attached hydrogens (tertiary/aromatic N) is 3. The van der Waals surface area contributed by atoms with E-state index < -0.39 is 0 Å². The van der Waals surface area contributed by atoms with Gasteiger partial charge in [0.1, 0.15) is 0 Å². The van der Waals surface area contributed by atoms with E-state index in [1.807, 2.05) is 13.8 Å². The van der Waals surface area contributed by atoms with Crippen LogP contribution < -0.4 is 5.32 Å². The van der Waals surface area contributed by atoms with Crippen LogP contribution in [-0.4, -0.2) is 26.3 Å². The van der Waals surface area contributed by atoms with Crippen LogP contribution in [0.25, 0.3) is 0 Å². The van der Waals surface area contributed by atoms with Crippen LogP contribution in [0.5, 0.6) is 0 Å². The summed E-state index contributed by atoms with van der Waals surface area (Å²) in [4.78, 5) is 16.8. The number of aromatic amines is 1. The number of thiazole rings is 1. The number of anilines is 1. The molecule has 2 N–H and O–H groups in total. The van der Waals surface area contributed by atoms with Gasteiger partial charge in [0.05, 0.1) is 11.9 Å². The molecule has 2 rings (SSSR count). The maximum atomic E-state index is 11.6. The summed E-state index contributed by atoms with van der Waals surface area (Å²) in [6.07, 6.45) is 1.44. The molecule has 15 heavy (non-hydrogen) atoms. The van der Waals surface area contributed by atoms with Gasteiger partial charge in [0.2, 0.25) is 0 Å². The van der Waals surface area contributed by atoms with E-state index in [0.29, 0.717) is 10.8 Å². The van der Waals surface area contributed by atoms with Gasteiger partial charge in [-0.15, -0.1) is 16.4 Å². The number of hydrogen-bond acceptors (Lipinski definition) is 5. The van der Waals surface area contributed by atoms with E-state index in [9.17, 15) is 4.79 Å². The van der Waals surface area contributed by atoms with Gasteiger partial charge in [0, 0.05) is 4.88 Å². The first-order chi connectivity index (χ1) is 7.16. The molecule has 1 amide bonds. The highest BCUT2D eigenvalue weighted by Gasteiger charge is 2.13. The molecule has 0 aliphatic rings. The number of amides is 1. The second-order valence-corrected chi connectivity index (χ2v) is 4.17. The van der Waals surface area contributed by atoms with Crippen LogP contribution in [0.1, 0.15) is 20.4 Å². The Kier molecular flexibility index (Phi) is 2.46. The highest BCUT2D eigenvalue weighted by molar-refractivity contribution is 7.13. The van der Waals surface area contributed by atoms with Crippen LogP contribution in [0, 0.1) is 13.8 Å². The summed E-state index contributed by atoms with van der Waals surface area (Å²) in [5.41, 5.74) is 0.880. The average Bonchev–Trinajstić information content (AvgIpc) is 2.78. The summed E-state index contributed by atoms with van der Waals surface area (Å²) >= 11 is 1.36. The number of aryl methyl sites for hydroxylation is 2. The molecular weight excluding hydrogens is 214 g/mol. The second-order valence-electron chi connectivity index (χ2n) is 2.97. The van der Waals surface area contributed by atoms with E-state index in [-0.39, 0.29) is 5.91 Å². The minimum atomic E-state index is -0.259. The molecule has 2 aromatic heterocycles. The first kappa shape index (κ1) is 9.78. The van der Waals surface area contributed by atoms with Crippen LogP contribution in [0.3, 0.4) is 0 Å². The molecule has 0 bridgehead atoms. The SMILES string of the molecule is Cc1nc(C(=O)Nc2cn[nH]n2)sc1C. The van der Waals surface area contributed by atoms with E-state index in [4.69, 9.17) is 0 Å². The monoisotopic (exact) mass is 223 g/mol. The molecule has 0 radical (unpaired) electrons. The minimum Gasteiger partial charge on any atom is -0.302 e. The lowest BCUT2D eigenvalue weighted by molar-refractivity contribution is 0.102. The van der Waals surface area contributed by atoms with Gasteiger partial charge < -0.3 is 5.32 Å². The summed E-state index contributed by atoms with van der Waals surface area (Å²) in [7, 11) is 0. The maximum absolute atomic E-state index is 11.6. The molecule has 2 heterocycles. The molecule has 0 atom stereocenters. The van der Waals surface area contributed by atoms with E-state index in [1.165, 1.54) is 17.5 Å². The van der Waals surface area contributed by atoms with Crippen molar-refractivity contribution in [1.82, 2.24) is 20.4 Å². The molecule has 78 valence electrons. The van der Waals surface area contributed by atoms with Crippen molar-refractivity contribution in [3.63, 3.8) is 0 Å². The summed E-state index contributed by atoms with van der Waals surface area (Å²) in [5.74, 6) is 0.135. The zero-order valence-electron chi connectivity index (χ0n) is 8.24. The lowest BCUT2D eigenvalue weighted by atomic mass is 10.4. The van der Waals surface area contributed by atoms with E-state index in [2.05, 4.69) is 25.7 Å². The average molecular weight is 223 g/mol. The molecule has 0 aromatic carbocycles. The number of carbonyl (C=O) groups excluding carboxylic acids is 1. The summed E-state index contributed by atoms with van der Waals surface area (Å²) < 4.78 is 0. The third kappa shape index (κ3) is 2.01. The van der Waals surface area contributed by atoms with Crippen LogP contribution in [0.15, 0.2) is 6.20 Å². The van der Waals surface area contributed by atoms with Crippen LogP contribution >= 0.6 is 11.3 Å². The smallest absolute Gasteiger partial charge is 0.285 e. The molecular formula is C8H9N5OS. The van der Waals surface area contributed by atoms with E-state index in [0.717, 1.165) is 10.6 Å². The molecule has 0 spiro atoms. The molecule has 7 heteroatoms. The van der Waals surface area contributed by atoms with Crippen molar-refractivity contribution in [2.24, 2.45) is 0 Å². The van der Waals surface area contributed by atoms with Crippen molar-refractivity contribution in [3.05, 3.63) is 21.8 Å². The zero-order chi connectivity index (χ0) is 10.8. The molecule has 0 unspecified atom stereocenters. The largest absolute Gasteiger partial charge is 0.302 e. The third-order valence-electron chi connectivity index (χ3n) is 1.88. The maximum Gasteiger partial charge on any atom is 0.285 e. The first-order valence-electron chi connectivity index (χ1n) is 4.28. The number of nitrogens with one attached hydrogen (secondary N) is 2. The Hall–Kier alpha value is -1.76. The highest BCUT2D eigenvalue weighted by atomic mass is 32.1. The topological polar surface area (TPSA) is 83.6 Å². The highest BCUT2D eigenvalue weighted by Crippen LogP contribution is 2.17. The van der Waals surface area contributed by atoms with Gasteiger partial charge in [0.15, 0.2) is 10.8 Å². The lowest BCUT2D eigenvalue weighted by Crippen LogP contribution is -2.11. The van der Waals surface area contributed by atoms with Crippen molar-refractivity contribution in [2.45, 2.75) is 13.8 Å². The van der Waals surface area contributed by atoms with Crippen molar-refractivity contribution in [1.29, 1.82) is 0 Å². The van der Waals surface area contributed by atoms with Gasteiger partial charge >= 0.3 is 0 Å². The number of hydrogen-bond donors (Lipinski definition) is 2. The molecule has 2 aromatic rings. The van der Waals surface area contributed by atoms with Crippen molar-refractivity contribution < 1.29 is 4.79 Å². The van der Waals surface area contributed by atoms with Crippen LogP contribution in [-0.2, 0) is 0 Å². The predicted octanol–water partition coefficient (Wildman–Crippen LogP) is 1.13. The summed E-state index contributed by atoms with van der Waals surface area (Å²) in [6, 6.07) is 0. The standard InChI is InChI=1S/C8H9N5OS/c1-4-5(2)15-8(10-4)7(14)11-6-3-9-13-12-6/h3H,1-2H3,(H2,9,11,12,13,14). The number of rotatable bonds is 2. The fourth-order valence-electron chi connectivity index (χ4n) is 1.00. The number of H-pyrrole nitrogens is 1. The Morgan fingerprint density at radius 1 is 1.53 bits per heavy atom. The fraction of sp³-hybridized carbons (Fsp3) is 0.250. The number of carbonyl (C=O) groups is 1. The van der Waals surface area contributed by atoms with Gasteiger partial charge in [-0.3, -0.25) is 4.79 Å². The van der Waals surface area contributed by atoms with Crippen LogP contribution in [0.4, 0.5) is 5.82 Å². The van der Waals surface area contributed by atoms with Crippen molar-refractivity contribution in [3.8, 4) is 0 Å². The minimum absolute atomic E-state index is 0.259. The Bertz CT molecular complexity index is 456. The summed E-state index contributed by atoms with van der Waals surface area (Å²) in [6.45, 7) is 3.80. The van der Waals surface area contributed by atoms with Crippen molar-refractivity contribution >= 4 is 23.1 Å². The van der Waals surface area contributed by atoms with Gasteiger partial charge in [-0.25, -0.2) is 4.98 Å². The molecule has 0 fully saturated rings. The third-order valence-corrected chi connectivity index (χ3v) is 2.95. The summed E-state index contributed by atoms with van der Waals surface area (Å²) in [5, 5.41) is 12.7. The predicted molar refractivity (Wildman–Crippen MR) is 55.9 cm³/mol. The van der Waals surface area contributed by atoms with Crippen LogP contribution in [0.2, 0.25) is 0 Å². The number of aromatic nitrogens is 4. The van der Waals surface area contributed by atoms with Crippen molar-refractivity contribution in [2.75, 3.05) is 5.32 Å². The fourth-order valence-corrected chi connectivity index (χ4v) is 1.81. The Morgan fingerprint density at radius 3 is 2.87 bits per heavy atom. The normalized spacial score (nSPS) is 10.3. The van der Waals surface area contributed by atoms with Gasteiger partial charge in [-0.05, 0) is 13.8 Å². The zero-order valence-corrected chi connectivity index (χ0v) is 9.05. The van der Waals surface area contributed by atoms with E-state index in [1.54, 1.807) is 0 Å². The molecule has 0 aliphatic carbocycles. The van der Waals surface area contributed by atoms with Gasteiger partial charge in [0.25, 0.3) is 5.91 Å². The lowest BCUT2D eigenvalue weighted by Gasteiger charge is -1.95.